The maximum Gasteiger partial charge on any atom is 0.253 e. The number of rotatable bonds is 5. The molecule has 0 aliphatic carbocycles. The fourth-order valence-corrected chi connectivity index (χ4v) is 3.42. The minimum atomic E-state index is 0.133. The van der Waals surface area contributed by atoms with Crippen LogP contribution in [0, 0.1) is 0 Å². The second-order valence-electron chi connectivity index (χ2n) is 6.91. The maximum absolute atomic E-state index is 12.4. The Morgan fingerprint density at radius 1 is 1.12 bits per heavy atom. The lowest BCUT2D eigenvalue weighted by atomic mass is 10.1. The van der Waals surface area contributed by atoms with E-state index in [1.165, 1.54) is 0 Å². The van der Waals surface area contributed by atoms with Gasteiger partial charge in [0.05, 0.1) is 5.69 Å². The molecule has 0 unspecified atom stereocenters. The van der Waals surface area contributed by atoms with E-state index < -0.39 is 0 Å². The second-order valence-corrected chi connectivity index (χ2v) is 6.91. The SMILES string of the molecule is CN(C)c1c(O)cccc1C/C=C\c1ccc(C(=O)N2CCCC2)cc1. The zero-order valence-corrected chi connectivity index (χ0v) is 15.5. The third-order valence-corrected chi connectivity index (χ3v) is 4.74. The fourth-order valence-electron chi connectivity index (χ4n) is 3.42. The fraction of sp³-hybridized carbons (Fsp3) is 0.318. The van der Waals surface area contributed by atoms with Gasteiger partial charge in [-0.05, 0) is 48.6 Å². The predicted octanol–water partition coefficient (Wildman–Crippen LogP) is 3.95. The van der Waals surface area contributed by atoms with E-state index in [-0.39, 0.29) is 5.91 Å². The third kappa shape index (κ3) is 4.07. The van der Waals surface area contributed by atoms with Crippen LogP contribution in [0.4, 0.5) is 5.69 Å². The second kappa shape index (κ2) is 8.09. The molecule has 1 aliphatic heterocycles. The van der Waals surface area contributed by atoms with E-state index in [9.17, 15) is 9.90 Å². The van der Waals surface area contributed by atoms with E-state index in [2.05, 4.69) is 6.08 Å². The van der Waals surface area contributed by atoms with E-state index in [0.29, 0.717) is 5.75 Å². The molecule has 0 bridgehead atoms. The Hall–Kier alpha value is -2.75. The van der Waals surface area contributed by atoms with E-state index >= 15 is 0 Å². The standard InChI is InChI=1S/C22H26N2O2/c1-23(2)21-18(9-6-10-20(21)25)8-5-7-17-11-13-19(14-12-17)22(26)24-15-3-4-16-24/h5-7,9-14,25H,3-4,8,15-16H2,1-2H3/b7-5-. The van der Waals surface area contributed by atoms with E-state index in [0.717, 1.165) is 54.7 Å². The smallest absolute Gasteiger partial charge is 0.253 e. The topological polar surface area (TPSA) is 43.8 Å². The number of phenols is 1. The Morgan fingerprint density at radius 2 is 1.81 bits per heavy atom. The first-order chi connectivity index (χ1) is 12.6. The van der Waals surface area contributed by atoms with Gasteiger partial charge in [0.1, 0.15) is 5.75 Å². The van der Waals surface area contributed by atoms with Crippen molar-refractivity contribution in [2.75, 3.05) is 32.1 Å². The number of carbonyl (C=O) groups excluding carboxylic acids is 1. The first-order valence-corrected chi connectivity index (χ1v) is 9.10. The summed E-state index contributed by atoms with van der Waals surface area (Å²) in [7, 11) is 3.86. The van der Waals surface area contributed by atoms with Crippen LogP contribution in [0.3, 0.4) is 0 Å². The van der Waals surface area contributed by atoms with Crippen LogP contribution in [-0.4, -0.2) is 43.1 Å². The summed E-state index contributed by atoms with van der Waals surface area (Å²) < 4.78 is 0. The van der Waals surface area contributed by atoms with Gasteiger partial charge in [-0.25, -0.2) is 0 Å². The number of hydrogen-bond donors (Lipinski definition) is 1. The molecule has 0 aromatic heterocycles. The average Bonchev–Trinajstić information content (AvgIpc) is 3.16. The molecule has 0 spiro atoms. The number of carbonyl (C=O) groups is 1. The largest absolute Gasteiger partial charge is 0.506 e. The van der Waals surface area contributed by atoms with Crippen molar-refractivity contribution in [3.8, 4) is 5.75 Å². The van der Waals surface area contributed by atoms with Gasteiger partial charge in [-0.1, -0.05) is 36.4 Å². The van der Waals surface area contributed by atoms with Gasteiger partial charge in [0.25, 0.3) is 5.91 Å². The van der Waals surface area contributed by atoms with Crippen molar-refractivity contribution < 1.29 is 9.90 Å². The van der Waals surface area contributed by atoms with Gasteiger partial charge >= 0.3 is 0 Å². The highest BCUT2D eigenvalue weighted by atomic mass is 16.3. The summed E-state index contributed by atoms with van der Waals surface area (Å²) in [5, 5.41) is 10.0. The molecule has 3 rings (SSSR count). The number of aromatic hydroxyl groups is 1. The van der Waals surface area contributed by atoms with E-state index in [4.69, 9.17) is 0 Å². The highest BCUT2D eigenvalue weighted by Crippen LogP contribution is 2.30. The zero-order valence-electron chi connectivity index (χ0n) is 15.5. The third-order valence-electron chi connectivity index (χ3n) is 4.74. The molecule has 0 radical (unpaired) electrons. The number of amides is 1. The quantitative estimate of drug-likeness (QED) is 0.888. The molecule has 1 amide bonds. The molecule has 4 nitrogen and oxygen atoms in total. The monoisotopic (exact) mass is 350 g/mol. The average molecular weight is 350 g/mol. The Bertz CT molecular complexity index is 788. The molecule has 0 saturated carbocycles. The minimum Gasteiger partial charge on any atom is -0.506 e. The van der Waals surface area contributed by atoms with Crippen molar-refractivity contribution in [1.29, 1.82) is 0 Å². The predicted molar refractivity (Wildman–Crippen MR) is 107 cm³/mol. The Labute approximate surface area is 155 Å². The van der Waals surface area contributed by atoms with Crippen molar-refractivity contribution in [1.82, 2.24) is 4.90 Å². The van der Waals surface area contributed by atoms with Crippen molar-refractivity contribution >= 4 is 17.7 Å². The number of phenolic OH excluding ortho intramolecular Hbond substituents is 1. The van der Waals surface area contributed by atoms with Crippen molar-refractivity contribution in [3.05, 3.63) is 65.2 Å². The molecule has 2 aromatic carbocycles. The molecule has 1 N–H and O–H groups in total. The highest BCUT2D eigenvalue weighted by Gasteiger charge is 2.18. The Balaban J connectivity index is 1.66. The summed E-state index contributed by atoms with van der Waals surface area (Å²) in [6.45, 7) is 1.75. The lowest BCUT2D eigenvalue weighted by Crippen LogP contribution is -2.27. The van der Waals surface area contributed by atoms with Crippen molar-refractivity contribution in [2.24, 2.45) is 0 Å². The molecule has 1 heterocycles. The summed E-state index contributed by atoms with van der Waals surface area (Å²) in [4.78, 5) is 16.2. The van der Waals surface area contributed by atoms with Gasteiger partial charge in [0.15, 0.2) is 0 Å². The lowest BCUT2D eigenvalue weighted by Gasteiger charge is -2.18. The highest BCUT2D eigenvalue weighted by molar-refractivity contribution is 5.94. The van der Waals surface area contributed by atoms with Crippen molar-refractivity contribution in [2.45, 2.75) is 19.3 Å². The number of anilines is 1. The summed E-state index contributed by atoms with van der Waals surface area (Å²) >= 11 is 0. The minimum absolute atomic E-state index is 0.133. The van der Waals surface area contributed by atoms with Gasteiger partial charge in [0, 0.05) is 32.7 Å². The normalized spacial score (nSPS) is 14.2. The number of hydrogen-bond acceptors (Lipinski definition) is 3. The first-order valence-electron chi connectivity index (χ1n) is 9.10. The Morgan fingerprint density at radius 3 is 2.46 bits per heavy atom. The number of likely N-dealkylation sites (tertiary alicyclic amines) is 1. The molecule has 2 aromatic rings. The molecule has 1 saturated heterocycles. The van der Waals surface area contributed by atoms with Gasteiger partial charge < -0.3 is 14.9 Å². The molecule has 1 fully saturated rings. The zero-order chi connectivity index (χ0) is 18.5. The summed E-state index contributed by atoms with van der Waals surface area (Å²) in [5.41, 5.74) is 3.75. The molecule has 0 atom stereocenters. The van der Waals surface area contributed by atoms with E-state index in [1.807, 2.05) is 66.4 Å². The number of nitrogens with zero attached hydrogens (tertiary/aromatic N) is 2. The first kappa shape index (κ1) is 18.1. The van der Waals surface area contributed by atoms with Crippen LogP contribution in [0.1, 0.15) is 34.3 Å². The van der Waals surface area contributed by atoms with Crippen LogP contribution in [0.5, 0.6) is 5.75 Å². The van der Waals surface area contributed by atoms with E-state index in [1.54, 1.807) is 6.07 Å². The van der Waals surface area contributed by atoms with Crippen LogP contribution < -0.4 is 4.90 Å². The summed E-state index contributed by atoms with van der Waals surface area (Å²) in [6.07, 6.45) is 7.08. The van der Waals surface area contributed by atoms with Crippen molar-refractivity contribution in [3.63, 3.8) is 0 Å². The van der Waals surface area contributed by atoms with Crippen LogP contribution in [0.15, 0.2) is 48.5 Å². The molecule has 1 aliphatic rings. The summed E-state index contributed by atoms with van der Waals surface area (Å²) in [6, 6.07) is 13.4. The summed E-state index contributed by atoms with van der Waals surface area (Å²) in [5.74, 6) is 0.430. The lowest BCUT2D eigenvalue weighted by molar-refractivity contribution is 0.0793. The van der Waals surface area contributed by atoms with Crippen LogP contribution in [-0.2, 0) is 6.42 Å². The van der Waals surface area contributed by atoms with Gasteiger partial charge in [-0.15, -0.1) is 0 Å². The number of allylic oxidation sites excluding steroid dienone is 1. The molecule has 26 heavy (non-hydrogen) atoms. The Kier molecular flexibility index (Phi) is 5.61. The molecular formula is C22H26N2O2. The molecule has 136 valence electrons. The van der Waals surface area contributed by atoms with Crippen LogP contribution in [0.25, 0.3) is 6.08 Å². The molecule has 4 heteroatoms. The van der Waals surface area contributed by atoms with Crippen LogP contribution in [0.2, 0.25) is 0 Å². The van der Waals surface area contributed by atoms with Gasteiger partial charge in [0.2, 0.25) is 0 Å². The van der Waals surface area contributed by atoms with Gasteiger partial charge in [-0.2, -0.15) is 0 Å². The van der Waals surface area contributed by atoms with Gasteiger partial charge in [-0.3, -0.25) is 4.79 Å². The van der Waals surface area contributed by atoms with Crippen LogP contribution >= 0.6 is 0 Å². The number of para-hydroxylation sites is 1. The number of benzene rings is 2. The maximum atomic E-state index is 12.4. The molecular weight excluding hydrogens is 324 g/mol.